The summed E-state index contributed by atoms with van der Waals surface area (Å²) < 4.78 is 0. The van der Waals surface area contributed by atoms with E-state index >= 15 is 0 Å². The standard InChI is InChI=1S/C14H21N5S/c1-19(10-6-4-2-3-5-7-10)12-11-8-9-20-13(11)17-14(16-12)18-15/h8-10H,2-7,15H2,1H3,(H,16,17,18). The van der Waals surface area contributed by atoms with E-state index in [0.29, 0.717) is 12.0 Å². The molecule has 1 saturated carbocycles. The summed E-state index contributed by atoms with van der Waals surface area (Å²) in [5, 5.41) is 3.19. The second-order valence-electron chi connectivity index (χ2n) is 5.41. The number of hydrogen-bond donors (Lipinski definition) is 2. The van der Waals surface area contributed by atoms with Crippen molar-refractivity contribution in [3.05, 3.63) is 11.4 Å². The van der Waals surface area contributed by atoms with Crippen molar-refractivity contribution in [3.8, 4) is 0 Å². The first-order valence-corrected chi connectivity index (χ1v) is 8.12. The Morgan fingerprint density at radius 2 is 2.00 bits per heavy atom. The molecule has 0 radical (unpaired) electrons. The Labute approximate surface area is 123 Å². The average Bonchev–Trinajstić information content (AvgIpc) is 2.78. The fraction of sp³-hybridized carbons (Fsp3) is 0.571. The van der Waals surface area contributed by atoms with Crippen LogP contribution in [0.5, 0.6) is 0 Å². The van der Waals surface area contributed by atoms with Gasteiger partial charge in [-0.15, -0.1) is 11.3 Å². The number of nitrogens with one attached hydrogen (secondary N) is 1. The molecule has 20 heavy (non-hydrogen) atoms. The lowest BCUT2D eigenvalue weighted by molar-refractivity contribution is 0.550. The van der Waals surface area contributed by atoms with Crippen molar-refractivity contribution >= 4 is 33.3 Å². The zero-order valence-corrected chi connectivity index (χ0v) is 12.6. The summed E-state index contributed by atoms with van der Waals surface area (Å²) in [5.41, 5.74) is 2.58. The summed E-state index contributed by atoms with van der Waals surface area (Å²) in [7, 11) is 2.15. The van der Waals surface area contributed by atoms with E-state index in [9.17, 15) is 0 Å². The summed E-state index contributed by atoms with van der Waals surface area (Å²) >= 11 is 1.63. The van der Waals surface area contributed by atoms with Gasteiger partial charge in [0.05, 0.1) is 5.39 Å². The molecule has 3 rings (SSSR count). The summed E-state index contributed by atoms with van der Waals surface area (Å²) in [5.74, 6) is 6.99. The maximum atomic E-state index is 5.49. The van der Waals surface area contributed by atoms with Gasteiger partial charge in [-0.3, -0.25) is 5.43 Å². The largest absolute Gasteiger partial charge is 0.356 e. The van der Waals surface area contributed by atoms with Crippen LogP contribution in [0.25, 0.3) is 10.2 Å². The van der Waals surface area contributed by atoms with Gasteiger partial charge in [-0.05, 0) is 24.3 Å². The van der Waals surface area contributed by atoms with Crippen LogP contribution in [0, 0.1) is 0 Å². The molecule has 2 aromatic rings. The number of rotatable bonds is 3. The first-order valence-electron chi connectivity index (χ1n) is 7.24. The average molecular weight is 291 g/mol. The number of aromatic nitrogens is 2. The summed E-state index contributed by atoms with van der Waals surface area (Å²) in [6.45, 7) is 0. The minimum absolute atomic E-state index is 0.496. The maximum Gasteiger partial charge on any atom is 0.240 e. The molecule has 0 unspecified atom stereocenters. The molecule has 6 heteroatoms. The molecule has 0 amide bonds. The SMILES string of the molecule is CN(c1nc(NN)nc2sccc12)C1CCCCCC1. The van der Waals surface area contributed by atoms with Crippen LogP contribution in [0.2, 0.25) is 0 Å². The Hall–Kier alpha value is -1.40. The predicted molar refractivity (Wildman–Crippen MR) is 85.1 cm³/mol. The smallest absolute Gasteiger partial charge is 0.240 e. The van der Waals surface area contributed by atoms with Gasteiger partial charge in [0, 0.05) is 13.1 Å². The molecule has 1 aliphatic carbocycles. The quantitative estimate of drug-likeness (QED) is 0.516. The van der Waals surface area contributed by atoms with Gasteiger partial charge in [-0.25, -0.2) is 10.8 Å². The third-order valence-electron chi connectivity index (χ3n) is 4.14. The van der Waals surface area contributed by atoms with Crippen LogP contribution < -0.4 is 16.2 Å². The summed E-state index contributed by atoms with van der Waals surface area (Å²) in [6.07, 6.45) is 7.84. The highest BCUT2D eigenvalue weighted by molar-refractivity contribution is 7.16. The zero-order chi connectivity index (χ0) is 13.9. The highest BCUT2D eigenvalue weighted by Gasteiger charge is 2.21. The molecule has 0 spiro atoms. The monoisotopic (exact) mass is 291 g/mol. The molecule has 0 aliphatic heterocycles. The molecule has 0 saturated heterocycles. The first kappa shape index (κ1) is 13.6. The first-order chi connectivity index (χ1) is 9.79. The Morgan fingerprint density at radius 1 is 1.25 bits per heavy atom. The van der Waals surface area contributed by atoms with Gasteiger partial charge in [-0.1, -0.05) is 25.7 Å². The Bertz CT molecular complexity index is 574. The Kier molecular flexibility index (Phi) is 4.03. The van der Waals surface area contributed by atoms with E-state index in [4.69, 9.17) is 5.84 Å². The van der Waals surface area contributed by atoms with Gasteiger partial charge in [0.15, 0.2) is 0 Å². The van der Waals surface area contributed by atoms with Crippen molar-refractivity contribution in [2.45, 2.75) is 44.6 Å². The van der Waals surface area contributed by atoms with Crippen LogP contribution in [0.4, 0.5) is 11.8 Å². The second kappa shape index (κ2) is 5.93. The molecule has 2 heterocycles. The fourth-order valence-corrected chi connectivity index (χ4v) is 3.75. The summed E-state index contributed by atoms with van der Waals surface area (Å²) in [4.78, 5) is 12.3. The molecule has 0 aromatic carbocycles. The number of nitrogen functional groups attached to an aromatic ring is 1. The van der Waals surface area contributed by atoms with Crippen LogP contribution in [0.15, 0.2) is 11.4 Å². The van der Waals surface area contributed by atoms with Crippen LogP contribution in [-0.4, -0.2) is 23.1 Å². The van der Waals surface area contributed by atoms with Gasteiger partial charge in [-0.2, -0.15) is 4.98 Å². The molecule has 3 N–H and O–H groups in total. The minimum atomic E-state index is 0.496. The number of hydrogen-bond acceptors (Lipinski definition) is 6. The third-order valence-corrected chi connectivity index (χ3v) is 4.95. The minimum Gasteiger partial charge on any atom is -0.356 e. The fourth-order valence-electron chi connectivity index (χ4n) is 2.99. The van der Waals surface area contributed by atoms with E-state index < -0.39 is 0 Å². The molecule has 1 aliphatic rings. The van der Waals surface area contributed by atoms with E-state index in [1.54, 1.807) is 11.3 Å². The van der Waals surface area contributed by atoms with Crippen molar-refractivity contribution in [1.29, 1.82) is 0 Å². The van der Waals surface area contributed by atoms with Gasteiger partial charge in [0.25, 0.3) is 0 Å². The number of nitrogens with two attached hydrogens (primary N) is 1. The lowest BCUT2D eigenvalue weighted by Gasteiger charge is -2.28. The topological polar surface area (TPSA) is 67.1 Å². The molecule has 0 bridgehead atoms. The van der Waals surface area contributed by atoms with E-state index in [0.717, 1.165) is 16.0 Å². The van der Waals surface area contributed by atoms with E-state index in [-0.39, 0.29) is 0 Å². The van der Waals surface area contributed by atoms with Gasteiger partial charge < -0.3 is 4.90 Å². The number of nitrogens with zero attached hydrogens (tertiary/aromatic N) is 3. The number of hydrazine groups is 1. The molecule has 108 valence electrons. The van der Waals surface area contributed by atoms with Crippen molar-refractivity contribution < 1.29 is 0 Å². The Morgan fingerprint density at radius 3 is 2.70 bits per heavy atom. The number of thiophene rings is 1. The highest BCUT2D eigenvalue weighted by Crippen LogP contribution is 2.32. The molecule has 1 fully saturated rings. The lowest BCUT2D eigenvalue weighted by Crippen LogP contribution is -2.32. The Balaban J connectivity index is 1.96. The summed E-state index contributed by atoms with van der Waals surface area (Å²) in [6, 6.07) is 2.67. The lowest BCUT2D eigenvalue weighted by atomic mass is 10.1. The number of fused-ring (bicyclic) bond motifs is 1. The predicted octanol–water partition coefficient (Wildman–Crippen LogP) is 3.14. The highest BCUT2D eigenvalue weighted by atomic mass is 32.1. The third kappa shape index (κ3) is 2.58. The van der Waals surface area contributed by atoms with Crippen LogP contribution in [-0.2, 0) is 0 Å². The van der Waals surface area contributed by atoms with Crippen molar-refractivity contribution in [3.63, 3.8) is 0 Å². The zero-order valence-electron chi connectivity index (χ0n) is 11.8. The molecule has 2 aromatic heterocycles. The van der Waals surface area contributed by atoms with E-state index in [1.165, 1.54) is 38.5 Å². The molecular formula is C14H21N5S. The van der Waals surface area contributed by atoms with Crippen molar-refractivity contribution in [1.82, 2.24) is 9.97 Å². The normalized spacial score (nSPS) is 17.1. The number of anilines is 2. The van der Waals surface area contributed by atoms with E-state index in [2.05, 4.69) is 38.8 Å². The van der Waals surface area contributed by atoms with Crippen molar-refractivity contribution in [2.24, 2.45) is 5.84 Å². The van der Waals surface area contributed by atoms with Crippen LogP contribution >= 0.6 is 11.3 Å². The van der Waals surface area contributed by atoms with Gasteiger partial charge in [0.2, 0.25) is 5.95 Å². The van der Waals surface area contributed by atoms with Crippen LogP contribution in [0.3, 0.4) is 0 Å². The van der Waals surface area contributed by atoms with Crippen molar-refractivity contribution in [2.75, 3.05) is 17.4 Å². The van der Waals surface area contributed by atoms with Gasteiger partial charge >= 0.3 is 0 Å². The van der Waals surface area contributed by atoms with Gasteiger partial charge in [0.1, 0.15) is 10.6 Å². The van der Waals surface area contributed by atoms with E-state index in [1.807, 2.05) is 0 Å². The molecule has 5 nitrogen and oxygen atoms in total. The second-order valence-corrected chi connectivity index (χ2v) is 6.31. The molecule has 0 atom stereocenters. The van der Waals surface area contributed by atoms with Crippen LogP contribution in [0.1, 0.15) is 38.5 Å². The maximum absolute atomic E-state index is 5.49. The molecular weight excluding hydrogens is 270 g/mol.